The van der Waals surface area contributed by atoms with Gasteiger partial charge >= 0.3 is 5.97 Å². The molecule has 0 fully saturated rings. The van der Waals surface area contributed by atoms with E-state index in [2.05, 4.69) is 4.74 Å². The van der Waals surface area contributed by atoms with Crippen LogP contribution in [0.25, 0.3) is 0 Å². The molecule has 0 aliphatic carbocycles. The number of hydrogen-bond acceptors (Lipinski definition) is 4. The molecule has 76 valence electrons. The van der Waals surface area contributed by atoms with Crippen molar-refractivity contribution in [2.75, 3.05) is 13.7 Å². The predicted molar refractivity (Wildman–Crippen MR) is 49.4 cm³/mol. The van der Waals surface area contributed by atoms with E-state index in [1.54, 1.807) is 12.2 Å². The van der Waals surface area contributed by atoms with Crippen LogP contribution in [0.2, 0.25) is 0 Å². The molecule has 14 heavy (non-hydrogen) atoms. The molecule has 0 saturated carbocycles. The van der Waals surface area contributed by atoms with Crippen molar-refractivity contribution in [2.45, 2.75) is 6.92 Å². The van der Waals surface area contributed by atoms with Crippen LogP contribution in [0.5, 0.6) is 0 Å². The molecule has 0 spiro atoms. The van der Waals surface area contributed by atoms with Gasteiger partial charge in [0, 0.05) is 5.57 Å². The topological polar surface area (TPSA) is 52.6 Å². The van der Waals surface area contributed by atoms with Crippen LogP contribution in [-0.2, 0) is 19.1 Å². The molecule has 0 aromatic heterocycles. The first kappa shape index (κ1) is 10.5. The van der Waals surface area contributed by atoms with Gasteiger partial charge in [-0.1, -0.05) is 0 Å². The highest BCUT2D eigenvalue weighted by molar-refractivity contribution is 6.08. The molecule has 0 bridgehead atoms. The number of esters is 1. The molecular weight excluding hydrogens is 184 g/mol. The average Bonchev–Trinajstić information content (AvgIpc) is 2.27. The standard InChI is InChI=1S/C10H12O4/c1-7(10(12)13-2)9(11)8-4-3-5-14-6-8/h3-5,7H,6H2,1-2H3. The second kappa shape index (κ2) is 4.60. The second-order valence-corrected chi connectivity index (χ2v) is 2.94. The van der Waals surface area contributed by atoms with Gasteiger partial charge < -0.3 is 9.47 Å². The first-order chi connectivity index (χ1) is 6.66. The maximum absolute atomic E-state index is 11.6. The van der Waals surface area contributed by atoms with Crippen molar-refractivity contribution in [1.29, 1.82) is 0 Å². The predicted octanol–water partition coefficient (Wildman–Crippen LogP) is 0.835. The lowest BCUT2D eigenvalue weighted by Gasteiger charge is -2.12. The Morgan fingerprint density at radius 3 is 2.79 bits per heavy atom. The van der Waals surface area contributed by atoms with E-state index in [1.807, 2.05) is 0 Å². The van der Waals surface area contributed by atoms with E-state index in [-0.39, 0.29) is 12.4 Å². The highest BCUT2D eigenvalue weighted by Gasteiger charge is 2.25. The van der Waals surface area contributed by atoms with Gasteiger partial charge in [-0.3, -0.25) is 9.59 Å². The van der Waals surface area contributed by atoms with Crippen LogP contribution in [0.3, 0.4) is 0 Å². The number of hydrogen-bond donors (Lipinski definition) is 0. The third-order valence-electron chi connectivity index (χ3n) is 1.98. The minimum absolute atomic E-state index is 0.219. The molecule has 1 heterocycles. The van der Waals surface area contributed by atoms with Gasteiger partial charge in [0.25, 0.3) is 0 Å². The molecule has 4 nitrogen and oxygen atoms in total. The summed E-state index contributed by atoms with van der Waals surface area (Å²) >= 11 is 0. The van der Waals surface area contributed by atoms with Gasteiger partial charge in [-0.2, -0.15) is 0 Å². The normalized spacial score (nSPS) is 16.6. The summed E-state index contributed by atoms with van der Waals surface area (Å²) in [6.45, 7) is 1.74. The Balaban J connectivity index is 2.69. The molecule has 0 amide bonds. The average molecular weight is 196 g/mol. The lowest BCUT2D eigenvalue weighted by Crippen LogP contribution is -2.25. The summed E-state index contributed by atoms with van der Waals surface area (Å²) in [6, 6.07) is 0. The summed E-state index contributed by atoms with van der Waals surface area (Å²) in [7, 11) is 1.26. The van der Waals surface area contributed by atoms with E-state index in [0.717, 1.165) is 0 Å². The Hall–Kier alpha value is -1.58. The monoisotopic (exact) mass is 196 g/mol. The molecule has 1 aliphatic rings. The molecule has 4 heteroatoms. The van der Waals surface area contributed by atoms with Gasteiger partial charge in [0.1, 0.15) is 12.5 Å². The Bertz CT molecular complexity index is 301. The summed E-state index contributed by atoms with van der Waals surface area (Å²) < 4.78 is 9.42. The third kappa shape index (κ3) is 2.22. The van der Waals surface area contributed by atoms with E-state index < -0.39 is 11.9 Å². The largest absolute Gasteiger partial charge is 0.496 e. The minimum atomic E-state index is -0.763. The zero-order valence-corrected chi connectivity index (χ0v) is 8.15. The van der Waals surface area contributed by atoms with E-state index in [9.17, 15) is 9.59 Å². The van der Waals surface area contributed by atoms with E-state index in [1.165, 1.54) is 20.3 Å². The number of ketones is 1. The van der Waals surface area contributed by atoms with Crippen LogP contribution >= 0.6 is 0 Å². The van der Waals surface area contributed by atoms with Gasteiger partial charge in [0.05, 0.1) is 13.4 Å². The van der Waals surface area contributed by atoms with Crippen LogP contribution in [0.1, 0.15) is 6.92 Å². The summed E-state index contributed by atoms with van der Waals surface area (Å²) in [5.74, 6) is -1.53. The van der Waals surface area contributed by atoms with Crippen molar-refractivity contribution in [3.63, 3.8) is 0 Å². The van der Waals surface area contributed by atoms with E-state index >= 15 is 0 Å². The van der Waals surface area contributed by atoms with Gasteiger partial charge in [-0.05, 0) is 19.1 Å². The zero-order valence-electron chi connectivity index (χ0n) is 8.15. The second-order valence-electron chi connectivity index (χ2n) is 2.94. The van der Waals surface area contributed by atoms with Crippen LogP contribution in [0.4, 0.5) is 0 Å². The molecule has 0 radical (unpaired) electrons. The van der Waals surface area contributed by atoms with Crippen molar-refractivity contribution in [1.82, 2.24) is 0 Å². The number of methoxy groups -OCH3 is 1. The molecule has 0 N–H and O–H groups in total. The summed E-state index contributed by atoms with van der Waals surface area (Å²) in [5, 5.41) is 0. The first-order valence-corrected chi connectivity index (χ1v) is 4.26. The maximum Gasteiger partial charge on any atom is 0.316 e. The number of rotatable bonds is 3. The lowest BCUT2D eigenvalue weighted by atomic mass is 9.99. The minimum Gasteiger partial charge on any atom is -0.496 e. The zero-order chi connectivity index (χ0) is 10.6. The van der Waals surface area contributed by atoms with Crippen molar-refractivity contribution in [2.24, 2.45) is 5.92 Å². The molecule has 1 unspecified atom stereocenters. The molecule has 0 saturated heterocycles. The Kier molecular flexibility index (Phi) is 3.45. The van der Waals surface area contributed by atoms with Crippen molar-refractivity contribution >= 4 is 11.8 Å². The summed E-state index contributed by atoms with van der Waals surface area (Å²) in [4.78, 5) is 22.7. The lowest BCUT2D eigenvalue weighted by molar-refractivity contribution is -0.147. The fraction of sp³-hybridized carbons (Fsp3) is 0.400. The Labute approximate surface area is 82.2 Å². The van der Waals surface area contributed by atoms with Crippen LogP contribution in [0, 0.1) is 5.92 Å². The summed E-state index contributed by atoms with van der Waals surface area (Å²) in [5.41, 5.74) is 0.491. The molecule has 1 rings (SSSR count). The fourth-order valence-corrected chi connectivity index (χ4v) is 1.11. The SMILES string of the molecule is COC(=O)C(C)C(=O)C1=CC=COC1. The number of carbonyl (C=O) groups excluding carboxylic acids is 2. The van der Waals surface area contributed by atoms with Crippen LogP contribution in [0.15, 0.2) is 24.0 Å². The molecule has 0 aromatic rings. The maximum atomic E-state index is 11.6. The highest BCUT2D eigenvalue weighted by Crippen LogP contribution is 2.11. The Morgan fingerprint density at radius 2 is 2.29 bits per heavy atom. The third-order valence-corrected chi connectivity index (χ3v) is 1.98. The van der Waals surface area contributed by atoms with E-state index in [0.29, 0.717) is 5.57 Å². The molecule has 1 atom stereocenters. The number of carbonyl (C=O) groups is 2. The van der Waals surface area contributed by atoms with Crippen molar-refractivity contribution in [3.05, 3.63) is 24.0 Å². The quantitative estimate of drug-likeness (QED) is 0.495. The van der Waals surface area contributed by atoms with Crippen molar-refractivity contribution < 1.29 is 19.1 Å². The number of ether oxygens (including phenoxy) is 2. The van der Waals surface area contributed by atoms with Gasteiger partial charge in [0.2, 0.25) is 0 Å². The van der Waals surface area contributed by atoms with Crippen LogP contribution in [-0.4, -0.2) is 25.5 Å². The van der Waals surface area contributed by atoms with Gasteiger partial charge in [0.15, 0.2) is 5.78 Å². The molecule has 0 aromatic carbocycles. The summed E-state index contributed by atoms with van der Waals surface area (Å²) in [6.07, 6.45) is 4.77. The van der Waals surface area contributed by atoms with Gasteiger partial charge in [-0.15, -0.1) is 0 Å². The smallest absolute Gasteiger partial charge is 0.316 e. The van der Waals surface area contributed by atoms with E-state index in [4.69, 9.17) is 4.74 Å². The number of allylic oxidation sites excluding steroid dienone is 2. The molecule has 1 aliphatic heterocycles. The number of Topliss-reactive ketones (excluding diaryl/α,β-unsaturated/α-hetero) is 1. The van der Waals surface area contributed by atoms with Crippen molar-refractivity contribution in [3.8, 4) is 0 Å². The molecular formula is C10H12O4. The Morgan fingerprint density at radius 1 is 1.57 bits per heavy atom. The van der Waals surface area contributed by atoms with Crippen LogP contribution < -0.4 is 0 Å². The van der Waals surface area contributed by atoms with Gasteiger partial charge in [-0.25, -0.2) is 0 Å². The first-order valence-electron chi connectivity index (χ1n) is 4.26. The fourth-order valence-electron chi connectivity index (χ4n) is 1.11. The highest BCUT2D eigenvalue weighted by atomic mass is 16.5.